The summed E-state index contributed by atoms with van der Waals surface area (Å²) in [4.78, 5) is 2.44. The third-order valence-electron chi connectivity index (χ3n) is 3.64. The number of methoxy groups -OCH3 is 1. The molecule has 0 unspecified atom stereocenters. The monoisotopic (exact) mass is 284 g/mol. The minimum Gasteiger partial charge on any atom is -0.497 e. The number of nitrogens with two attached hydrogens (primary N) is 1. The van der Waals surface area contributed by atoms with Crippen LogP contribution in [0.4, 0.5) is 5.69 Å². The summed E-state index contributed by atoms with van der Waals surface area (Å²) in [6.07, 6.45) is 0. The zero-order chi connectivity index (χ0) is 15.2. The number of nitrogen functional groups attached to an aromatic ring is 1. The molecule has 0 spiro atoms. The molecule has 0 aliphatic rings. The van der Waals surface area contributed by atoms with E-state index in [1.807, 2.05) is 24.3 Å². The van der Waals surface area contributed by atoms with Crippen LogP contribution in [0.5, 0.6) is 5.75 Å². The first-order valence-corrected chi connectivity index (χ1v) is 7.30. The lowest BCUT2D eigenvalue weighted by molar-refractivity contribution is 0.203. The Morgan fingerprint density at radius 1 is 0.905 bits per heavy atom. The minimum atomic E-state index is 0.477. The van der Waals surface area contributed by atoms with Crippen molar-refractivity contribution in [2.75, 3.05) is 12.8 Å². The van der Waals surface area contributed by atoms with Crippen LogP contribution in [0, 0.1) is 0 Å². The van der Waals surface area contributed by atoms with E-state index in [1.54, 1.807) is 7.11 Å². The third kappa shape index (κ3) is 4.50. The van der Waals surface area contributed by atoms with Gasteiger partial charge in [-0.1, -0.05) is 24.3 Å². The predicted octanol–water partition coefficient (Wildman–Crippen LogP) is 3.69. The first-order chi connectivity index (χ1) is 10.1. The molecule has 0 saturated heterocycles. The fraction of sp³-hybridized carbons (Fsp3) is 0.333. The standard InChI is InChI=1S/C18H24N2O/c1-14(2)20(12-15-4-8-17(19)9-5-15)13-16-6-10-18(21-3)11-7-16/h4-11,14H,12-13,19H2,1-3H3. The van der Waals surface area contributed by atoms with Gasteiger partial charge in [0.25, 0.3) is 0 Å². The van der Waals surface area contributed by atoms with Crippen LogP contribution in [0.2, 0.25) is 0 Å². The maximum atomic E-state index is 5.74. The van der Waals surface area contributed by atoms with Gasteiger partial charge in [0.1, 0.15) is 5.75 Å². The van der Waals surface area contributed by atoms with Crippen LogP contribution in [0.15, 0.2) is 48.5 Å². The summed E-state index contributed by atoms with van der Waals surface area (Å²) in [6.45, 7) is 6.29. The molecule has 0 atom stereocenters. The Kier molecular flexibility index (Phi) is 5.23. The van der Waals surface area contributed by atoms with Gasteiger partial charge in [-0.25, -0.2) is 0 Å². The Bertz CT molecular complexity index is 546. The highest BCUT2D eigenvalue weighted by atomic mass is 16.5. The van der Waals surface area contributed by atoms with Gasteiger partial charge in [-0.3, -0.25) is 4.90 Å². The maximum absolute atomic E-state index is 5.74. The Balaban J connectivity index is 2.06. The molecule has 0 heterocycles. The number of rotatable bonds is 6. The average Bonchev–Trinajstić information content (AvgIpc) is 2.49. The number of benzene rings is 2. The van der Waals surface area contributed by atoms with Gasteiger partial charge in [0, 0.05) is 24.8 Å². The summed E-state index contributed by atoms with van der Waals surface area (Å²) in [6, 6.07) is 16.9. The Morgan fingerprint density at radius 2 is 1.38 bits per heavy atom. The van der Waals surface area contributed by atoms with Crippen molar-refractivity contribution < 1.29 is 4.74 Å². The lowest BCUT2D eigenvalue weighted by Gasteiger charge is -2.26. The summed E-state index contributed by atoms with van der Waals surface area (Å²) in [5.41, 5.74) is 9.13. The zero-order valence-corrected chi connectivity index (χ0v) is 13.0. The SMILES string of the molecule is COc1ccc(CN(Cc2ccc(N)cc2)C(C)C)cc1. The summed E-state index contributed by atoms with van der Waals surface area (Å²) in [5, 5.41) is 0. The molecule has 0 bridgehead atoms. The second-order valence-corrected chi connectivity index (χ2v) is 5.59. The van der Waals surface area contributed by atoms with Crippen molar-refractivity contribution in [3.8, 4) is 5.75 Å². The van der Waals surface area contributed by atoms with Crippen LogP contribution in [0.1, 0.15) is 25.0 Å². The van der Waals surface area contributed by atoms with E-state index in [0.717, 1.165) is 24.5 Å². The molecule has 2 aromatic rings. The average molecular weight is 284 g/mol. The number of ether oxygens (including phenoxy) is 1. The Morgan fingerprint density at radius 3 is 1.81 bits per heavy atom. The summed E-state index contributed by atoms with van der Waals surface area (Å²) in [7, 11) is 1.69. The van der Waals surface area contributed by atoms with Gasteiger partial charge in [-0.15, -0.1) is 0 Å². The molecule has 112 valence electrons. The van der Waals surface area contributed by atoms with Crippen molar-refractivity contribution in [2.45, 2.75) is 33.0 Å². The second-order valence-electron chi connectivity index (χ2n) is 5.59. The third-order valence-corrected chi connectivity index (χ3v) is 3.64. The highest BCUT2D eigenvalue weighted by molar-refractivity contribution is 5.39. The molecule has 3 heteroatoms. The maximum Gasteiger partial charge on any atom is 0.118 e. The van der Waals surface area contributed by atoms with Crippen LogP contribution < -0.4 is 10.5 Å². The van der Waals surface area contributed by atoms with E-state index in [4.69, 9.17) is 10.5 Å². The van der Waals surface area contributed by atoms with Gasteiger partial charge < -0.3 is 10.5 Å². The van der Waals surface area contributed by atoms with Crippen molar-refractivity contribution in [1.29, 1.82) is 0 Å². The van der Waals surface area contributed by atoms with Crippen molar-refractivity contribution >= 4 is 5.69 Å². The molecule has 2 N–H and O–H groups in total. The van der Waals surface area contributed by atoms with Crippen molar-refractivity contribution in [2.24, 2.45) is 0 Å². The Labute approximate surface area is 127 Å². The smallest absolute Gasteiger partial charge is 0.118 e. The van der Waals surface area contributed by atoms with Crippen LogP contribution in [0.25, 0.3) is 0 Å². The Hall–Kier alpha value is -2.00. The molecular weight excluding hydrogens is 260 g/mol. The molecule has 0 fully saturated rings. The van der Waals surface area contributed by atoms with Crippen LogP contribution in [0.3, 0.4) is 0 Å². The lowest BCUT2D eigenvalue weighted by Crippen LogP contribution is -2.29. The van der Waals surface area contributed by atoms with E-state index in [2.05, 4.69) is 43.0 Å². The van der Waals surface area contributed by atoms with Crippen LogP contribution in [-0.2, 0) is 13.1 Å². The van der Waals surface area contributed by atoms with E-state index < -0.39 is 0 Å². The van der Waals surface area contributed by atoms with Gasteiger partial charge in [0.15, 0.2) is 0 Å². The fourth-order valence-electron chi connectivity index (χ4n) is 2.24. The first-order valence-electron chi connectivity index (χ1n) is 7.30. The molecule has 21 heavy (non-hydrogen) atoms. The molecule has 0 aromatic heterocycles. The number of hydrogen-bond acceptors (Lipinski definition) is 3. The quantitative estimate of drug-likeness (QED) is 0.822. The molecule has 0 amide bonds. The summed E-state index contributed by atoms with van der Waals surface area (Å²) < 4.78 is 5.20. The van der Waals surface area contributed by atoms with Gasteiger partial charge in [-0.2, -0.15) is 0 Å². The molecule has 2 aromatic carbocycles. The second kappa shape index (κ2) is 7.14. The largest absolute Gasteiger partial charge is 0.497 e. The molecule has 0 saturated carbocycles. The van der Waals surface area contributed by atoms with Crippen molar-refractivity contribution in [3.05, 3.63) is 59.7 Å². The van der Waals surface area contributed by atoms with Crippen LogP contribution in [-0.4, -0.2) is 18.1 Å². The zero-order valence-electron chi connectivity index (χ0n) is 13.0. The molecule has 0 aliphatic heterocycles. The van der Waals surface area contributed by atoms with E-state index in [-0.39, 0.29) is 0 Å². The number of anilines is 1. The van der Waals surface area contributed by atoms with Crippen molar-refractivity contribution in [1.82, 2.24) is 4.90 Å². The van der Waals surface area contributed by atoms with E-state index >= 15 is 0 Å². The number of nitrogens with zero attached hydrogens (tertiary/aromatic N) is 1. The van der Waals surface area contributed by atoms with Gasteiger partial charge in [0.05, 0.1) is 7.11 Å². The first kappa shape index (κ1) is 15.4. The fourth-order valence-corrected chi connectivity index (χ4v) is 2.24. The lowest BCUT2D eigenvalue weighted by atomic mass is 10.1. The summed E-state index contributed by atoms with van der Waals surface area (Å²) in [5.74, 6) is 0.897. The van der Waals surface area contributed by atoms with E-state index in [9.17, 15) is 0 Å². The van der Waals surface area contributed by atoms with E-state index in [0.29, 0.717) is 6.04 Å². The molecule has 3 nitrogen and oxygen atoms in total. The van der Waals surface area contributed by atoms with Gasteiger partial charge >= 0.3 is 0 Å². The molecular formula is C18H24N2O. The van der Waals surface area contributed by atoms with Gasteiger partial charge in [0.2, 0.25) is 0 Å². The molecule has 2 rings (SSSR count). The number of hydrogen-bond donors (Lipinski definition) is 1. The predicted molar refractivity (Wildman–Crippen MR) is 88.2 cm³/mol. The topological polar surface area (TPSA) is 38.5 Å². The van der Waals surface area contributed by atoms with Crippen LogP contribution >= 0.6 is 0 Å². The van der Waals surface area contributed by atoms with Crippen molar-refractivity contribution in [3.63, 3.8) is 0 Å². The molecule has 0 radical (unpaired) electrons. The molecule has 0 aliphatic carbocycles. The highest BCUT2D eigenvalue weighted by Crippen LogP contribution is 2.17. The van der Waals surface area contributed by atoms with Gasteiger partial charge in [-0.05, 0) is 49.2 Å². The normalized spacial score (nSPS) is 11.1. The van der Waals surface area contributed by atoms with E-state index in [1.165, 1.54) is 11.1 Å². The highest BCUT2D eigenvalue weighted by Gasteiger charge is 2.11. The minimum absolute atomic E-state index is 0.477. The summed E-state index contributed by atoms with van der Waals surface area (Å²) >= 11 is 0.